The van der Waals surface area contributed by atoms with Crippen molar-refractivity contribution in [1.29, 1.82) is 5.26 Å². The first kappa shape index (κ1) is 14.6. The van der Waals surface area contributed by atoms with Crippen LogP contribution in [0.25, 0.3) is 0 Å². The van der Waals surface area contributed by atoms with Gasteiger partial charge in [-0.05, 0) is 12.1 Å². The molecule has 1 fully saturated rings. The SMILES string of the molecule is COc1ccccc1N1CCN(S(=O)(=O)CC#N)CC1. The minimum absolute atomic E-state index is 0.391. The molecule has 0 aliphatic carbocycles. The zero-order valence-electron chi connectivity index (χ0n) is 11.3. The monoisotopic (exact) mass is 295 g/mol. The minimum Gasteiger partial charge on any atom is -0.495 e. The maximum atomic E-state index is 11.8. The number of benzene rings is 1. The number of ether oxygens (including phenoxy) is 1. The first-order valence-electron chi connectivity index (χ1n) is 6.31. The quantitative estimate of drug-likeness (QED) is 0.816. The number of para-hydroxylation sites is 2. The molecule has 1 aromatic carbocycles. The molecule has 0 spiro atoms. The molecular weight excluding hydrogens is 278 g/mol. The van der Waals surface area contributed by atoms with Crippen LogP contribution < -0.4 is 9.64 Å². The van der Waals surface area contributed by atoms with Crippen LogP contribution in [0.3, 0.4) is 0 Å². The number of methoxy groups -OCH3 is 1. The summed E-state index contributed by atoms with van der Waals surface area (Å²) >= 11 is 0. The Hall–Kier alpha value is -1.78. The molecule has 20 heavy (non-hydrogen) atoms. The summed E-state index contributed by atoms with van der Waals surface area (Å²) in [5, 5.41) is 8.55. The van der Waals surface area contributed by atoms with Crippen molar-refractivity contribution in [2.45, 2.75) is 0 Å². The lowest BCUT2D eigenvalue weighted by atomic mass is 10.2. The molecule has 0 N–H and O–H groups in total. The number of hydrogen-bond donors (Lipinski definition) is 0. The Balaban J connectivity index is 2.07. The third kappa shape index (κ3) is 3.03. The van der Waals surface area contributed by atoms with Gasteiger partial charge < -0.3 is 9.64 Å². The van der Waals surface area contributed by atoms with Gasteiger partial charge in [-0.25, -0.2) is 8.42 Å². The molecule has 1 aliphatic heterocycles. The Morgan fingerprint density at radius 3 is 2.50 bits per heavy atom. The molecule has 1 aliphatic rings. The van der Waals surface area contributed by atoms with Crippen LogP contribution in [0.15, 0.2) is 24.3 Å². The maximum absolute atomic E-state index is 11.8. The van der Waals surface area contributed by atoms with Crippen molar-refractivity contribution < 1.29 is 13.2 Å². The van der Waals surface area contributed by atoms with Crippen molar-refractivity contribution in [1.82, 2.24) is 4.31 Å². The van der Waals surface area contributed by atoms with Crippen LogP contribution in [0.1, 0.15) is 0 Å². The molecule has 0 radical (unpaired) electrons. The summed E-state index contributed by atoms with van der Waals surface area (Å²) in [7, 11) is -1.82. The normalized spacial score (nSPS) is 16.7. The minimum atomic E-state index is -3.44. The third-order valence-electron chi connectivity index (χ3n) is 3.30. The summed E-state index contributed by atoms with van der Waals surface area (Å²) in [6.45, 7) is 1.96. The van der Waals surface area contributed by atoms with Crippen LogP contribution in [-0.4, -0.2) is 51.8 Å². The summed E-state index contributed by atoms with van der Waals surface area (Å²) in [6.07, 6.45) is 0. The van der Waals surface area contributed by atoms with Crippen molar-refractivity contribution in [3.8, 4) is 11.8 Å². The van der Waals surface area contributed by atoms with Crippen molar-refractivity contribution >= 4 is 15.7 Å². The Kier molecular flexibility index (Phi) is 4.47. The molecule has 1 aromatic rings. The summed E-state index contributed by atoms with van der Waals surface area (Å²) in [5.74, 6) is 0.322. The lowest BCUT2D eigenvalue weighted by molar-refractivity contribution is 0.379. The van der Waals surface area contributed by atoms with Crippen LogP contribution in [0.4, 0.5) is 5.69 Å². The number of sulfonamides is 1. The van der Waals surface area contributed by atoms with Gasteiger partial charge in [0.1, 0.15) is 5.75 Å². The highest BCUT2D eigenvalue weighted by Gasteiger charge is 2.27. The lowest BCUT2D eigenvalue weighted by Gasteiger charge is -2.35. The van der Waals surface area contributed by atoms with Crippen LogP contribution in [0, 0.1) is 11.3 Å². The first-order chi connectivity index (χ1) is 9.58. The van der Waals surface area contributed by atoms with Gasteiger partial charge in [0.2, 0.25) is 10.0 Å². The molecule has 0 atom stereocenters. The van der Waals surface area contributed by atoms with E-state index >= 15 is 0 Å². The lowest BCUT2D eigenvalue weighted by Crippen LogP contribution is -2.49. The van der Waals surface area contributed by atoms with E-state index in [0.717, 1.165) is 11.4 Å². The molecule has 1 saturated heterocycles. The summed E-state index contributed by atoms with van der Waals surface area (Å²) in [5.41, 5.74) is 0.965. The fourth-order valence-electron chi connectivity index (χ4n) is 2.27. The van der Waals surface area contributed by atoms with E-state index in [1.165, 1.54) is 4.31 Å². The Morgan fingerprint density at radius 2 is 1.90 bits per heavy atom. The molecule has 0 saturated carbocycles. The summed E-state index contributed by atoms with van der Waals surface area (Å²) in [6, 6.07) is 9.37. The van der Waals surface area contributed by atoms with Crippen LogP contribution in [0.2, 0.25) is 0 Å². The van der Waals surface area contributed by atoms with Gasteiger partial charge in [-0.15, -0.1) is 0 Å². The molecule has 6 nitrogen and oxygen atoms in total. The van der Waals surface area contributed by atoms with E-state index < -0.39 is 15.8 Å². The topological polar surface area (TPSA) is 73.6 Å². The largest absolute Gasteiger partial charge is 0.495 e. The van der Waals surface area contributed by atoms with E-state index in [1.54, 1.807) is 13.2 Å². The van der Waals surface area contributed by atoms with E-state index in [-0.39, 0.29) is 0 Å². The van der Waals surface area contributed by atoms with Gasteiger partial charge in [0, 0.05) is 26.2 Å². The molecule has 7 heteroatoms. The molecule has 0 unspecified atom stereocenters. The van der Waals surface area contributed by atoms with Crippen molar-refractivity contribution in [2.75, 3.05) is 43.9 Å². The number of nitrogens with zero attached hydrogens (tertiary/aromatic N) is 3. The van der Waals surface area contributed by atoms with Gasteiger partial charge >= 0.3 is 0 Å². The first-order valence-corrected chi connectivity index (χ1v) is 7.92. The van der Waals surface area contributed by atoms with Crippen molar-refractivity contribution in [3.05, 3.63) is 24.3 Å². The van der Waals surface area contributed by atoms with E-state index in [4.69, 9.17) is 10.00 Å². The molecule has 0 amide bonds. The maximum Gasteiger partial charge on any atom is 0.227 e. The summed E-state index contributed by atoms with van der Waals surface area (Å²) < 4.78 is 30.3. The number of piperazine rings is 1. The van der Waals surface area contributed by atoms with E-state index in [0.29, 0.717) is 26.2 Å². The van der Waals surface area contributed by atoms with Gasteiger partial charge in [-0.3, -0.25) is 0 Å². The fourth-order valence-corrected chi connectivity index (χ4v) is 3.34. The molecule has 108 valence electrons. The van der Waals surface area contributed by atoms with Crippen LogP contribution >= 0.6 is 0 Å². The fraction of sp³-hybridized carbons (Fsp3) is 0.462. The molecule has 2 rings (SSSR count). The number of rotatable bonds is 4. The van der Waals surface area contributed by atoms with E-state index in [1.807, 2.05) is 24.3 Å². The average Bonchev–Trinajstić information content (AvgIpc) is 2.47. The predicted octanol–water partition coefficient (Wildman–Crippen LogP) is 0.671. The Labute approximate surface area is 119 Å². The van der Waals surface area contributed by atoms with Crippen LogP contribution in [0.5, 0.6) is 5.75 Å². The van der Waals surface area contributed by atoms with E-state index in [9.17, 15) is 8.42 Å². The van der Waals surface area contributed by atoms with Crippen LogP contribution in [-0.2, 0) is 10.0 Å². The van der Waals surface area contributed by atoms with Gasteiger partial charge in [-0.1, -0.05) is 12.1 Å². The van der Waals surface area contributed by atoms with Gasteiger partial charge in [0.25, 0.3) is 0 Å². The van der Waals surface area contributed by atoms with Gasteiger partial charge in [0.15, 0.2) is 5.75 Å². The number of anilines is 1. The Bertz CT molecular complexity index is 602. The van der Waals surface area contributed by atoms with Crippen molar-refractivity contribution in [3.63, 3.8) is 0 Å². The molecule has 1 heterocycles. The van der Waals surface area contributed by atoms with Crippen molar-refractivity contribution in [2.24, 2.45) is 0 Å². The van der Waals surface area contributed by atoms with E-state index in [2.05, 4.69) is 4.90 Å². The smallest absolute Gasteiger partial charge is 0.227 e. The highest BCUT2D eigenvalue weighted by molar-refractivity contribution is 7.89. The highest BCUT2D eigenvalue weighted by Crippen LogP contribution is 2.28. The molecule has 0 bridgehead atoms. The molecular formula is C13H17N3O3S. The Morgan fingerprint density at radius 1 is 1.25 bits per heavy atom. The third-order valence-corrected chi connectivity index (χ3v) is 4.95. The van der Waals surface area contributed by atoms with Gasteiger partial charge in [-0.2, -0.15) is 9.57 Å². The zero-order chi connectivity index (χ0) is 14.6. The zero-order valence-corrected chi connectivity index (χ0v) is 12.1. The highest BCUT2D eigenvalue weighted by atomic mass is 32.2. The predicted molar refractivity (Wildman–Crippen MR) is 76.2 cm³/mol. The number of nitriles is 1. The average molecular weight is 295 g/mol. The molecule has 0 aromatic heterocycles. The second-order valence-electron chi connectivity index (χ2n) is 4.47. The number of hydrogen-bond acceptors (Lipinski definition) is 5. The summed E-state index contributed by atoms with van der Waals surface area (Å²) in [4.78, 5) is 2.09. The standard InChI is InChI=1S/C13H17N3O3S/c1-19-13-5-3-2-4-12(13)15-7-9-16(10-8-15)20(17,18)11-6-14/h2-5H,7-11H2,1H3. The second-order valence-corrected chi connectivity index (χ2v) is 6.44. The van der Waals surface area contributed by atoms with Gasteiger partial charge in [0.05, 0.1) is 18.9 Å². The second kappa shape index (κ2) is 6.11.